The number of halogens is 2. The molecular weight excluding hydrogens is 529 g/mol. The lowest BCUT2D eigenvalue weighted by Crippen LogP contribution is -2.52. The minimum Gasteiger partial charge on any atom is -0.352 e. The van der Waals surface area contributed by atoms with Gasteiger partial charge < -0.3 is 10.2 Å². The molecule has 202 valence electrons. The van der Waals surface area contributed by atoms with Crippen LogP contribution < -0.4 is 9.62 Å². The molecule has 1 N–H and O–H groups in total. The Morgan fingerprint density at radius 1 is 0.947 bits per heavy atom. The van der Waals surface area contributed by atoms with Crippen molar-refractivity contribution in [3.8, 4) is 0 Å². The van der Waals surface area contributed by atoms with E-state index in [-0.39, 0.29) is 29.1 Å². The summed E-state index contributed by atoms with van der Waals surface area (Å²) in [6.45, 7) is 4.89. The Balaban J connectivity index is 1.99. The quantitative estimate of drug-likeness (QED) is 0.358. The van der Waals surface area contributed by atoms with Crippen LogP contribution in [-0.4, -0.2) is 43.8 Å². The van der Waals surface area contributed by atoms with E-state index in [0.29, 0.717) is 11.4 Å². The molecular formula is C28H31ClFN3O4S. The fourth-order valence-corrected chi connectivity index (χ4v) is 5.23. The molecule has 38 heavy (non-hydrogen) atoms. The number of nitrogens with zero attached hydrogens (tertiary/aromatic N) is 2. The van der Waals surface area contributed by atoms with Crippen molar-refractivity contribution in [1.82, 2.24) is 10.2 Å². The van der Waals surface area contributed by atoms with Crippen molar-refractivity contribution in [1.29, 1.82) is 0 Å². The van der Waals surface area contributed by atoms with E-state index in [4.69, 9.17) is 11.6 Å². The number of hydrogen-bond donors (Lipinski definition) is 1. The summed E-state index contributed by atoms with van der Waals surface area (Å²) in [6, 6.07) is 18.4. The number of para-hydroxylation sites is 1. The van der Waals surface area contributed by atoms with Crippen LogP contribution in [0.1, 0.15) is 32.8 Å². The van der Waals surface area contributed by atoms with Crippen molar-refractivity contribution in [2.45, 2.75) is 50.7 Å². The Labute approximate surface area is 228 Å². The molecule has 0 fully saturated rings. The van der Waals surface area contributed by atoms with E-state index in [1.165, 1.54) is 4.90 Å². The van der Waals surface area contributed by atoms with Crippen molar-refractivity contribution >= 4 is 39.1 Å². The maximum absolute atomic E-state index is 13.8. The summed E-state index contributed by atoms with van der Waals surface area (Å²) in [7, 11) is -4.25. The minimum atomic E-state index is -4.25. The molecule has 3 aromatic carbocycles. The van der Waals surface area contributed by atoms with E-state index >= 15 is 0 Å². The second-order valence-electron chi connectivity index (χ2n) is 8.94. The molecule has 2 atom stereocenters. The fraction of sp³-hybridized carbons (Fsp3) is 0.286. The standard InChI is InChI=1S/C28H31ClFN3O4S/c1-4-20(2)31-28(35)21(3)32(18-22-10-12-23(29)13-11-22)27(34)19-33(25-8-6-5-7-9-25)38(36,37)26-16-14-24(30)15-17-26/h5-17,20-21H,4,18-19H2,1-3H3,(H,31,35)/t20-,21-/m1/s1. The average Bonchev–Trinajstić information content (AvgIpc) is 2.91. The Kier molecular flexibility index (Phi) is 9.88. The molecule has 3 rings (SSSR count). The summed E-state index contributed by atoms with van der Waals surface area (Å²) in [5, 5.41) is 3.41. The van der Waals surface area contributed by atoms with Crippen LogP contribution >= 0.6 is 11.6 Å². The molecule has 0 spiro atoms. The lowest BCUT2D eigenvalue weighted by molar-refractivity contribution is -0.139. The monoisotopic (exact) mass is 559 g/mol. The molecule has 0 aromatic heterocycles. The topological polar surface area (TPSA) is 86.8 Å². The summed E-state index contributed by atoms with van der Waals surface area (Å²) in [6.07, 6.45) is 0.710. The largest absolute Gasteiger partial charge is 0.352 e. The molecule has 0 aliphatic heterocycles. The molecule has 0 radical (unpaired) electrons. The molecule has 0 saturated heterocycles. The van der Waals surface area contributed by atoms with Crippen molar-refractivity contribution in [3.63, 3.8) is 0 Å². The Bertz CT molecular complexity index is 1340. The summed E-state index contributed by atoms with van der Waals surface area (Å²) in [4.78, 5) is 28.0. The average molecular weight is 560 g/mol. The van der Waals surface area contributed by atoms with E-state index in [0.717, 1.165) is 34.1 Å². The van der Waals surface area contributed by atoms with E-state index in [2.05, 4.69) is 5.32 Å². The summed E-state index contributed by atoms with van der Waals surface area (Å²) in [5.41, 5.74) is 0.979. The number of sulfonamides is 1. The third-order valence-electron chi connectivity index (χ3n) is 6.16. The number of carbonyl (C=O) groups is 2. The number of amides is 2. The van der Waals surface area contributed by atoms with Gasteiger partial charge in [-0.25, -0.2) is 12.8 Å². The summed E-state index contributed by atoms with van der Waals surface area (Å²) in [5.74, 6) is -1.52. The van der Waals surface area contributed by atoms with Gasteiger partial charge in [-0.1, -0.05) is 48.9 Å². The first-order valence-electron chi connectivity index (χ1n) is 12.2. The highest BCUT2D eigenvalue weighted by Gasteiger charge is 2.32. The van der Waals surface area contributed by atoms with Crippen molar-refractivity contribution in [2.75, 3.05) is 10.8 Å². The Morgan fingerprint density at radius 2 is 1.55 bits per heavy atom. The summed E-state index contributed by atoms with van der Waals surface area (Å²) < 4.78 is 41.7. The van der Waals surface area contributed by atoms with Gasteiger partial charge in [-0.3, -0.25) is 13.9 Å². The normalized spacial score (nSPS) is 12.9. The molecule has 3 aromatic rings. The van der Waals surface area contributed by atoms with E-state index in [1.807, 2.05) is 13.8 Å². The molecule has 0 aliphatic carbocycles. The second kappa shape index (κ2) is 12.9. The number of anilines is 1. The van der Waals surface area contributed by atoms with Crippen LogP contribution in [0.25, 0.3) is 0 Å². The third-order valence-corrected chi connectivity index (χ3v) is 8.20. The molecule has 0 aliphatic rings. The van der Waals surface area contributed by atoms with Gasteiger partial charge in [-0.2, -0.15) is 0 Å². The van der Waals surface area contributed by atoms with E-state index < -0.39 is 34.3 Å². The van der Waals surface area contributed by atoms with E-state index in [1.54, 1.807) is 61.5 Å². The maximum Gasteiger partial charge on any atom is 0.264 e. The van der Waals surface area contributed by atoms with Gasteiger partial charge in [0.1, 0.15) is 18.4 Å². The zero-order valence-electron chi connectivity index (χ0n) is 21.5. The number of hydrogen-bond acceptors (Lipinski definition) is 4. The molecule has 10 heteroatoms. The molecule has 7 nitrogen and oxygen atoms in total. The maximum atomic E-state index is 13.8. The van der Waals surface area contributed by atoms with Crippen molar-refractivity contribution in [3.05, 3.63) is 95.3 Å². The predicted molar refractivity (Wildman–Crippen MR) is 147 cm³/mol. The van der Waals surface area contributed by atoms with Gasteiger partial charge in [0.05, 0.1) is 10.6 Å². The predicted octanol–water partition coefficient (Wildman–Crippen LogP) is 5.01. The van der Waals surface area contributed by atoms with Crippen LogP contribution in [0.15, 0.2) is 83.8 Å². The molecule has 0 saturated carbocycles. The van der Waals surface area contributed by atoms with Gasteiger partial charge in [-0.15, -0.1) is 0 Å². The van der Waals surface area contributed by atoms with Gasteiger partial charge in [0.2, 0.25) is 11.8 Å². The van der Waals surface area contributed by atoms with Gasteiger partial charge in [-0.05, 0) is 74.4 Å². The SMILES string of the molecule is CC[C@@H](C)NC(=O)[C@@H](C)N(Cc1ccc(Cl)cc1)C(=O)CN(c1ccccc1)S(=O)(=O)c1ccc(F)cc1. The lowest BCUT2D eigenvalue weighted by Gasteiger charge is -2.32. The van der Waals surface area contributed by atoms with Crippen LogP contribution in [0.3, 0.4) is 0 Å². The van der Waals surface area contributed by atoms with Crippen LogP contribution in [0.5, 0.6) is 0 Å². The van der Waals surface area contributed by atoms with Gasteiger partial charge in [0.25, 0.3) is 10.0 Å². The smallest absolute Gasteiger partial charge is 0.264 e. The molecule has 0 unspecified atom stereocenters. The van der Waals surface area contributed by atoms with Gasteiger partial charge in [0.15, 0.2) is 0 Å². The fourth-order valence-electron chi connectivity index (χ4n) is 3.69. The lowest BCUT2D eigenvalue weighted by atomic mass is 10.1. The van der Waals surface area contributed by atoms with Gasteiger partial charge >= 0.3 is 0 Å². The highest BCUT2D eigenvalue weighted by atomic mass is 35.5. The Hall–Kier alpha value is -3.43. The molecule has 0 bridgehead atoms. The van der Waals surface area contributed by atoms with Crippen LogP contribution in [-0.2, 0) is 26.2 Å². The first kappa shape index (κ1) is 29.1. The molecule has 2 amide bonds. The van der Waals surface area contributed by atoms with Crippen LogP contribution in [0, 0.1) is 5.82 Å². The van der Waals surface area contributed by atoms with Gasteiger partial charge in [0, 0.05) is 17.6 Å². The zero-order valence-corrected chi connectivity index (χ0v) is 23.0. The van der Waals surface area contributed by atoms with Crippen LogP contribution in [0.4, 0.5) is 10.1 Å². The third kappa shape index (κ3) is 7.33. The minimum absolute atomic E-state index is 0.0598. The number of rotatable bonds is 11. The highest BCUT2D eigenvalue weighted by Crippen LogP contribution is 2.25. The van der Waals surface area contributed by atoms with Crippen LogP contribution in [0.2, 0.25) is 5.02 Å². The zero-order chi connectivity index (χ0) is 27.9. The van der Waals surface area contributed by atoms with Crippen molar-refractivity contribution in [2.24, 2.45) is 0 Å². The summed E-state index contributed by atoms with van der Waals surface area (Å²) >= 11 is 6.01. The highest BCUT2D eigenvalue weighted by molar-refractivity contribution is 7.92. The number of benzene rings is 3. The molecule has 0 heterocycles. The van der Waals surface area contributed by atoms with Crippen molar-refractivity contribution < 1.29 is 22.4 Å². The number of nitrogens with one attached hydrogen (secondary N) is 1. The van der Waals surface area contributed by atoms with E-state index in [9.17, 15) is 22.4 Å². The number of carbonyl (C=O) groups excluding carboxylic acids is 2. The first-order chi connectivity index (χ1) is 18.0. The second-order valence-corrected chi connectivity index (χ2v) is 11.2. The Morgan fingerprint density at radius 3 is 2.13 bits per heavy atom. The first-order valence-corrected chi connectivity index (χ1v) is 14.0.